The van der Waals surface area contributed by atoms with E-state index < -0.39 is 10.1 Å². The molecule has 32 heavy (non-hydrogen) atoms. The van der Waals surface area contributed by atoms with E-state index in [1.54, 1.807) is 36.4 Å². The van der Waals surface area contributed by atoms with Gasteiger partial charge in [0, 0.05) is 11.6 Å². The monoisotopic (exact) mass is 452 g/mol. The normalized spacial score (nSPS) is 14.1. The average molecular weight is 452 g/mol. The van der Waals surface area contributed by atoms with Crippen LogP contribution in [0.15, 0.2) is 71.3 Å². The van der Waals surface area contributed by atoms with E-state index in [-0.39, 0.29) is 27.9 Å². The number of carbonyl (C=O) groups excluding carboxylic acids is 1. The quantitative estimate of drug-likeness (QED) is 0.405. The molecule has 0 amide bonds. The number of fused-ring (bicyclic) bond motifs is 1. The molecule has 3 aromatic carbocycles. The number of aryl methyl sites for hydroxylation is 1. The van der Waals surface area contributed by atoms with Crippen LogP contribution in [0.4, 0.5) is 0 Å². The summed E-state index contributed by atoms with van der Waals surface area (Å²) in [4.78, 5) is 12.8. The number of hydrogen-bond acceptors (Lipinski definition) is 7. The topological polar surface area (TPSA) is 88.1 Å². The van der Waals surface area contributed by atoms with Crippen LogP contribution < -0.4 is 18.4 Å². The Morgan fingerprint density at radius 2 is 1.69 bits per heavy atom. The third-order valence-electron chi connectivity index (χ3n) is 4.88. The van der Waals surface area contributed by atoms with Gasteiger partial charge in [0.25, 0.3) is 0 Å². The summed E-state index contributed by atoms with van der Waals surface area (Å²) in [6.07, 6.45) is 1.55. The molecule has 1 aliphatic heterocycles. The summed E-state index contributed by atoms with van der Waals surface area (Å²) in [6.45, 7) is 1.86. The van der Waals surface area contributed by atoms with Crippen molar-refractivity contribution < 1.29 is 31.6 Å². The number of Topliss-reactive ketones (excluding diaryl/α,β-unsaturated/α-hetero) is 1. The lowest BCUT2D eigenvalue weighted by Gasteiger charge is -2.10. The molecule has 0 fully saturated rings. The van der Waals surface area contributed by atoms with Gasteiger partial charge in [-0.3, -0.25) is 4.79 Å². The zero-order valence-electron chi connectivity index (χ0n) is 17.6. The summed E-state index contributed by atoms with van der Waals surface area (Å²) in [6, 6.07) is 15.9. The maximum absolute atomic E-state index is 12.8. The van der Waals surface area contributed by atoms with Gasteiger partial charge < -0.3 is 18.4 Å². The summed E-state index contributed by atoms with van der Waals surface area (Å²) in [5.74, 6) is 0.963. The highest BCUT2D eigenvalue weighted by molar-refractivity contribution is 7.87. The Hall–Kier alpha value is -3.78. The van der Waals surface area contributed by atoms with Gasteiger partial charge in [-0.05, 0) is 43.3 Å². The Bertz CT molecular complexity index is 1320. The lowest BCUT2D eigenvalue weighted by atomic mass is 10.1. The van der Waals surface area contributed by atoms with Gasteiger partial charge in [-0.1, -0.05) is 29.8 Å². The summed E-state index contributed by atoms with van der Waals surface area (Å²) in [7, 11) is -0.999. The lowest BCUT2D eigenvalue weighted by Crippen LogP contribution is -2.09. The molecule has 0 radical (unpaired) electrons. The fourth-order valence-electron chi connectivity index (χ4n) is 3.27. The second kappa shape index (κ2) is 8.39. The van der Waals surface area contributed by atoms with Gasteiger partial charge in [0.2, 0.25) is 5.78 Å². The zero-order chi connectivity index (χ0) is 22.9. The molecule has 0 saturated heterocycles. The Morgan fingerprint density at radius 1 is 0.938 bits per heavy atom. The average Bonchev–Trinajstić information content (AvgIpc) is 3.08. The number of hydrogen-bond donors (Lipinski definition) is 0. The molecule has 8 heteroatoms. The molecule has 164 valence electrons. The van der Waals surface area contributed by atoms with Crippen molar-refractivity contribution in [2.75, 3.05) is 14.2 Å². The summed E-state index contributed by atoms with van der Waals surface area (Å²) in [5, 5.41) is 0. The number of ether oxygens (including phenoxy) is 3. The van der Waals surface area contributed by atoms with Crippen LogP contribution in [-0.2, 0) is 10.1 Å². The van der Waals surface area contributed by atoms with Crippen LogP contribution >= 0.6 is 0 Å². The van der Waals surface area contributed by atoms with Gasteiger partial charge in [0.15, 0.2) is 17.3 Å². The molecule has 0 spiro atoms. The van der Waals surface area contributed by atoms with Crippen LogP contribution in [0.25, 0.3) is 6.08 Å². The van der Waals surface area contributed by atoms with E-state index in [0.717, 1.165) is 5.56 Å². The first-order chi connectivity index (χ1) is 15.3. The van der Waals surface area contributed by atoms with Crippen LogP contribution in [0.1, 0.15) is 21.5 Å². The Kier molecular flexibility index (Phi) is 5.63. The third-order valence-corrected chi connectivity index (χ3v) is 6.14. The van der Waals surface area contributed by atoms with Crippen molar-refractivity contribution in [3.8, 4) is 23.0 Å². The number of benzene rings is 3. The molecule has 0 aliphatic carbocycles. The third kappa shape index (κ3) is 4.04. The largest absolute Gasteiger partial charge is 0.493 e. The Morgan fingerprint density at radius 3 is 2.38 bits per heavy atom. The van der Waals surface area contributed by atoms with E-state index in [9.17, 15) is 13.2 Å². The summed E-state index contributed by atoms with van der Waals surface area (Å²) < 4.78 is 46.7. The first-order valence-corrected chi connectivity index (χ1v) is 11.0. The Balaban J connectivity index is 1.62. The minimum absolute atomic E-state index is 0.0336. The number of para-hydroxylation sites is 1. The summed E-state index contributed by atoms with van der Waals surface area (Å²) >= 11 is 0. The zero-order valence-corrected chi connectivity index (χ0v) is 18.4. The number of rotatable bonds is 6. The second-order valence-electron chi connectivity index (χ2n) is 7.03. The van der Waals surface area contributed by atoms with Gasteiger partial charge in [0.05, 0.1) is 19.8 Å². The maximum atomic E-state index is 12.8. The fraction of sp³-hybridized carbons (Fsp3) is 0.125. The van der Waals surface area contributed by atoms with Crippen LogP contribution in [0, 0.1) is 6.92 Å². The smallest absolute Gasteiger partial charge is 0.339 e. The van der Waals surface area contributed by atoms with Crippen LogP contribution in [-0.4, -0.2) is 28.4 Å². The van der Waals surface area contributed by atoms with Crippen molar-refractivity contribution in [2.45, 2.75) is 11.8 Å². The SMILES string of the molecule is COc1cccc(/C=C2\Oc3cc(OS(=O)(=O)c4ccc(C)cc4)ccc3C2=O)c1OC. The van der Waals surface area contributed by atoms with Gasteiger partial charge in [-0.15, -0.1) is 0 Å². The molecule has 1 heterocycles. The molecule has 0 unspecified atom stereocenters. The summed E-state index contributed by atoms with van der Waals surface area (Å²) in [5.41, 5.74) is 1.83. The van der Waals surface area contributed by atoms with Gasteiger partial charge in [-0.25, -0.2) is 0 Å². The number of ketones is 1. The molecule has 4 rings (SSSR count). The standard InChI is InChI=1S/C24H20O7S/c1-15-7-10-18(11-8-15)32(26,27)31-17-9-12-19-21(14-17)30-22(23(19)25)13-16-5-4-6-20(28-2)24(16)29-3/h4-14H,1-3H3/b22-13-. The van der Waals surface area contributed by atoms with E-state index in [0.29, 0.717) is 22.6 Å². The molecule has 0 bridgehead atoms. The second-order valence-corrected chi connectivity index (χ2v) is 8.58. The van der Waals surface area contributed by atoms with Crippen LogP contribution in [0.2, 0.25) is 0 Å². The first kappa shape index (κ1) is 21.5. The van der Waals surface area contributed by atoms with E-state index in [2.05, 4.69) is 0 Å². The lowest BCUT2D eigenvalue weighted by molar-refractivity contribution is 0.101. The maximum Gasteiger partial charge on any atom is 0.339 e. The van der Waals surface area contributed by atoms with Crippen LogP contribution in [0.5, 0.6) is 23.0 Å². The van der Waals surface area contributed by atoms with E-state index in [4.69, 9.17) is 18.4 Å². The minimum atomic E-state index is -4.03. The highest BCUT2D eigenvalue weighted by atomic mass is 32.2. The van der Waals surface area contributed by atoms with E-state index >= 15 is 0 Å². The number of carbonyl (C=O) groups is 1. The molecule has 0 saturated carbocycles. The predicted octanol–water partition coefficient (Wildman–Crippen LogP) is 4.40. The number of methoxy groups -OCH3 is 2. The van der Waals surface area contributed by atoms with Crippen LogP contribution in [0.3, 0.4) is 0 Å². The molecule has 1 aliphatic rings. The van der Waals surface area contributed by atoms with Crippen molar-refractivity contribution in [1.29, 1.82) is 0 Å². The number of allylic oxidation sites excluding steroid dienone is 1. The molecule has 3 aromatic rings. The van der Waals surface area contributed by atoms with Crippen molar-refractivity contribution in [2.24, 2.45) is 0 Å². The Labute approximate surface area is 185 Å². The molecular formula is C24H20O7S. The molecule has 0 atom stereocenters. The van der Waals surface area contributed by atoms with E-state index in [1.165, 1.54) is 44.6 Å². The van der Waals surface area contributed by atoms with Crippen molar-refractivity contribution >= 4 is 22.0 Å². The van der Waals surface area contributed by atoms with Gasteiger partial charge >= 0.3 is 10.1 Å². The van der Waals surface area contributed by atoms with Crippen molar-refractivity contribution in [3.05, 3.63) is 83.1 Å². The molecule has 0 aromatic heterocycles. The first-order valence-electron chi connectivity index (χ1n) is 9.63. The highest BCUT2D eigenvalue weighted by Gasteiger charge is 2.29. The fourth-order valence-corrected chi connectivity index (χ4v) is 4.19. The molecular weight excluding hydrogens is 432 g/mol. The predicted molar refractivity (Wildman–Crippen MR) is 118 cm³/mol. The minimum Gasteiger partial charge on any atom is -0.493 e. The molecule has 7 nitrogen and oxygen atoms in total. The highest BCUT2D eigenvalue weighted by Crippen LogP contribution is 2.38. The van der Waals surface area contributed by atoms with Crippen molar-refractivity contribution in [3.63, 3.8) is 0 Å². The van der Waals surface area contributed by atoms with Gasteiger partial charge in [-0.2, -0.15) is 8.42 Å². The van der Waals surface area contributed by atoms with Crippen molar-refractivity contribution in [1.82, 2.24) is 0 Å². The van der Waals surface area contributed by atoms with E-state index in [1.807, 2.05) is 6.92 Å². The van der Waals surface area contributed by atoms with Gasteiger partial charge in [0.1, 0.15) is 16.4 Å². The molecule has 0 N–H and O–H groups in total.